The molecule has 19 heavy (non-hydrogen) atoms. The smallest absolute Gasteiger partial charge is 0.272 e. The van der Waals surface area contributed by atoms with Crippen LogP contribution < -0.4 is 10.0 Å². The van der Waals surface area contributed by atoms with Crippen LogP contribution in [0.2, 0.25) is 0 Å². The van der Waals surface area contributed by atoms with Crippen molar-refractivity contribution in [2.24, 2.45) is 0 Å². The van der Waals surface area contributed by atoms with E-state index >= 15 is 0 Å². The zero-order chi connectivity index (χ0) is 13.9. The maximum Gasteiger partial charge on any atom is 0.272 e. The summed E-state index contributed by atoms with van der Waals surface area (Å²) in [5.41, 5.74) is 0.856. The van der Waals surface area contributed by atoms with Gasteiger partial charge in [0.05, 0.1) is 11.9 Å². The van der Waals surface area contributed by atoms with Crippen LogP contribution in [0.1, 0.15) is 13.8 Å². The second-order valence-corrected chi connectivity index (χ2v) is 7.13. The molecule has 2 rings (SSSR count). The summed E-state index contributed by atoms with van der Waals surface area (Å²) in [6.45, 7) is 4.04. The number of aromatic nitrogens is 1. The fourth-order valence-corrected chi connectivity index (χ4v) is 3.48. The fraction of sp³-hybridized carbons (Fsp3) is 0.250. The third-order valence-electron chi connectivity index (χ3n) is 2.22. The minimum absolute atomic E-state index is 0.277. The third-order valence-corrected chi connectivity index (χ3v) is 4.97. The van der Waals surface area contributed by atoms with E-state index in [9.17, 15) is 8.42 Å². The largest absolute Gasteiger partial charge is 0.382 e. The van der Waals surface area contributed by atoms with E-state index < -0.39 is 10.0 Å². The van der Waals surface area contributed by atoms with E-state index in [4.69, 9.17) is 0 Å². The normalized spacial score (nSPS) is 11.5. The van der Waals surface area contributed by atoms with Crippen LogP contribution in [0.4, 0.5) is 11.5 Å². The van der Waals surface area contributed by atoms with Gasteiger partial charge in [-0.3, -0.25) is 4.72 Å². The molecule has 0 aliphatic carbocycles. The molecule has 102 valence electrons. The first-order chi connectivity index (χ1) is 8.97. The summed E-state index contributed by atoms with van der Waals surface area (Å²) in [6.07, 6.45) is 1.60. The number of hydrogen-bond acceptors (Lipinski definition) is 5. The van der Waals surface area contributed by atoms with Crippen molar-refractivity contribution < 1.29 is 8.42 Å². The van der Waals surface area contributed by atoms with E-state index in [1.165, 1.54) is 11.3 Å². The van der Waals surface area contributed by atoms with Gasteiger partial charge >= 0.3 is 0 Å². The average molecular weight is 297 g/mol. The summed E-state index contributed by atoms with van der Waals surface area (Å²) in [5.74, 6) is 0.308. The van der Waals surface area contributed by atoms with E-state index in [1.807, 2.05) is 13.8 Å². The number of nitrogens with one attached hydrogen (secondary N) is 2. The quantitative estimate of drug-likeness (QED) is 0.890. The van der Waals surface area contributed by atoms with Crippen molar-refractivity contribution in [3.05, 3.63) is 35.8 Å². The van der Waals surface area contributed by atoms with Crippen LogP contribution >= 0.6 is 11.3 Å². The Balaban J connectivity index is 2.12. The van der Waals surface area contributed by atoms with Crippen molar-refractivity contribution in [1.29, 1.82) is 0 Å². The lowest BCUT2D eigenvalue weighted by atomic mass is 10.3. The highest BCUT2D eigenvalue weighted by Gasteiger charge is 2.15. The van der Waals surface area contributed by atoms with E-state index in [2.05, 4.69) is 15.0 Å². The average Bonchev–Trinajstić information content (AvgIpc) is 2.85. The zero-order valence-corrected chi connectivity index (χ0v) is 12.3. The first-order valence-corrected chi connectivity index (χ1v) is 8.12. The Morgan fingerprint density at radius 1 is 1.26 bits per heavy atom. The predicted molar refractivity (Wildman–Crippen MR) is 78.1 cm³/mol. The molecule has 0 aliphatic rings. The first kappa shape index (κ1) is 13.8. The van der Waals surface area contributed by atoms with Gasteiger partial charge in [-0.2, -0.15) is 0 Å². The molecule has 0 fully saturated rings. The van der Waals surface area contributed by atoms with E-state index in [-0.39, 0.29) is 4.21 Å². The molecule has 0 bridgehead atoms. The minimum Gasteiger partial charge on any atom is -0.382 e. The highest BCUT2D eigenvalue weighted by atomic mass is 32.2. The predicted octanol–water partition coefficient (Wildman–Crippen LogP) is 2.76. The lowest BCUT2D eigenvalue weighted by Gasteiger charge is -2.10. The molecular formula is C12H15N3O2S2. The van der Waals surface area contributed by atoms with Crippen LogP contribution in [0.5, 0.6) is 0 Å². The molecule has 0 aromatic carbocycles. The lowest BCUT2D eigenvalue weighted by Crippen LogP contribution is -2.13. The van der Waals surface area contributed by atoms with Gasteiger partial charge < -0.3 is 5.32 Å². The molecule has 0 saturated carbocycles. The van der Waals surface area contributed by atoms with E-state index in [0.717, 1.165) is 5.69 Å². The Morgan fingerprint density at radius 3 is 2.58 bits per heavy atom. The molecule has 2 aromatic rings. The number of hydrogen-bond donors (Lipinski definition) is 2. The molecule has 2 N–H and O–H groups in total. The lowest BCUT2D eigenvalue weighted by molar-refractivity contribution is 0.603. The van der Waals surface area contributed by atoms with Gasteiger partial charge in [-0.25, -0.2) is 13.4 Å². The van der Waals surface area contributed by atoms with Crippen LogP contribution in [0, 0.1) is 0 Å². The van der Waals surface area contributed by atoms with Crippen LogP contribution in [-0.4, -0.2) is 19.4 Å². The molecule has 7 heteroatoms. The molecule has 0 spiro atoms. The standard InChI is InChI=1S/C12H15N3O2S2/c1-9(2)14-10-5-6-11(13-8-10)15-19(16,17)12-4-3-7-18-12/h3-9,14H,1-2H3,(H,13,15). The third kappa shape index (κ3) is 3.68. The summed E-state index contributed by atoms with van der Waals surface area (Å²) in [5, 5.41) is 4.90. The molecule has 2 aromatic heterocycles. The Kier molecular flexibility index (Phi) is 4.06. The summed E-state index contributed by atoms with van der Waals surface area (Å²) >= 11 is 1.17. The van der Waals surface area contributed by atoms with Gasteiger partial charge in [-0.1, -0.05) is 6.07 Å². The summed E-state index contributed by atoms with van der Waals surface area (Å²) in [7, 11) is -3.52. The Bertz CT molecular complexity index is 620. The monoisotopic (exact) mass is 297 g/mol. The molecular weight excluding hydrogens is 282 g/mol. The van der Waals surface area contributed by atoms with Crippen LogP contribution in [0.25, 0.3) is 0 Å². The van der Waals surface area contributed by atoms with Gasteiger partial charge in [0, 0.05) is 6.04 Å². The van der Waals surface area contributed by atoms with E-state index in [0.29, 0.717) is 11.9 Å². The van der Waals surface area contributed by atoms with Gasteiger partial charge in [-0.05, 0) is 37.4 Å². The number of anilines is 2. The number of pyridine rings is 1. The molecule has 0 unspecified atom stereocenters. The van der Waals surface area contributed by atoms with Crippen molar-refractivity contribution in [2.75, 3.05) is 10.0 Å². The van der Waals surface area contributed by atoms with Gasteiger partial charge in [0.15, 0.2) is 0 Å². The number of rotatable bonds is 5. The van der Waals surface area contributed by atoms with Crippen molar-refractivity contribution in [3.8, 4) is 0 Å². The number of sulfonamides is 1. The van der Waals surface area contributed by atoms with Crippen LogP contribution in [-0.2, 0) is 10.0 Å². The van der Waals surface area contributed by atoms with Gasteiger partial charge in [0.2, 0.25) is 0 Å². The summed E-state index contributed by atoms with van der Waals surface area (Å²) in [4.78, 5) is 4.08. The number of thiophene rings is 1. The minimum atomic E-state index is -3.52. The van der Waals surface area contributed by atoms with Crippen LogP contribution in [0.3, 0.4) is 0 Å². The second-order valence-electron chi connectivity index (χ2n) is 4.27. The highest BCUT2D eigenvalue weighted by molar-refractivity contribution is 7.94. The van der Waals surface area contributed by atoms with Gasteiger partial charge in [-0.15, -0.1) is 11.3 Å². The van der Waals surface area contributed by atoms with Crippen molar-refractivity contribution >= 4 is 32.9 Å². The first-order valence-electron chi connectivity index (χ1n) is 5.76. The molecule has 2 heterocycles. The summed E-state index contributed by atoms with van der Waals surface area (Å²) in [6, 6.07) is 6.98. The summed E-state index contributed by atoms with van der Waals surface area (Å²) < 4.78 is 26.7. The van der Waals surface area contributed by atoms with Crippen LogP contribution in [0.15, 0.2) is 40.1 Å². The van der Waals surface area contributed by atoms with Crippen molar-refractivity contribution in [1.82, 2.24) is 4.98 Å². The highest BCUT2D eigenvalue weighted by Crippen LogP contribution is 2.19. The molecule has 5 nitrogen and oxygen atoms in total. The fourth-order valence-electron chi connectivity index (χ4n) is 1.48. The second kappa shape index (κ2) is 5.58. The SMILES string of the molecule is CC(C)Nc1ccc(NS(=O)(=O)c2cccs2)nc1. The van der Waals surface area contributed by atoms with Crippen molar-refractivity contribution in [3.63, 3.8) is 0 Å². The Hall–Kier alpha value is -1.60. The van der Waals surface area contributed by atoms with Gasteiger partial charge in [0.25, 0.3) is 10.0 Å². The molecule has 0 atom stereocenters. The molecule has 0 aliphatic heterocycles. The molecule has 0 radical (unpaired) electrons. The topological polar surface area (TPSA) is 71.1 Å². The zero-order valence-electron chi connectivity index (χ0n) is 10.6. The maximum absolute atomic E-state index is 12.0. The van der Waals surface area contributed by atoms with E-state index in [1.54, 1.807) is 35.8 Å². The molecule has 0 amide bonds. The Morgan fingerprint density at radius 2 is 2.05 bits per heavy atom. The molecule has 0 saturated heterocycles. The Labute approximate surface area is 116 Å². The maximum atomic E-state index is 12.0. The van der Waals surface area contributed by atoms with Gasteiger partial charge in [0.1, 0.15) is 10.0 Å². The van der Waals surface area contributed by atoms with Crippen molar-refractivity contribution in [2.45, 2.75) is 24.1 Å². The number of nitrogens with zero attached hydrogens (tertiary/aromatic N) is 1.